The van der Waals surface area contributed by atoms with Crippen LogP contribution < -0.4 is 4.74 Å². The molecule has 5 heteroatoms. The molecular weight excluding hydrogens is 374 g/mol. The fraction of sp³-hybridized carbons (Fsp3) is 0.435. The van der Waals surface area contributed by atoms with Gasteiger partial charge < -0.3 is 14.7 Å². The maximum Gasteiger partial charge on any atom is 0.255 e. The zero-order chi connectivity index (χ0) is 19.7. The van der Waals surface area contributed by atoms with Crippen LogP contribution in [0.4, 0.5) is 0 Å². The molecule has 1 N–H and O–H groups in total. The van der Waals surface area contributed by atoms with Crippen molar-refractivity contribution in [2.24, 2.45) is 5.92 Å². The Kier molecular flexibility index (Phi) is 5.35. The molecule has 28 heavy (non-hydrogen) atoms. The number of methoxy groups -OCH3 is 1. The fourth-order valence-electron chi connectivity index (χ4n) is 4.99. The number of carbonyl (C=O) groups is 1. The molecule has 0 aromatic heterocycles. The maximum atomic E-state index is 13.5. The SMILES string of the molecule is COc1ccccc1[C@@H]1[C@H]2CCCC[C@]2(O)CCN1C(=O)c1ccccc1Cl. The highest BCUT2D eigenvalue weighted by Crippen LogP contribution is 2.51. The van der Waals surface area contributed by atoms with Crippen molar-refractivity contribution in [3.05, 3.63) is 64.7 Å². The monoisotopic (exact) mass is 399 g/mol. The standard InChI is InChI=1S/C23H26ClNO3/c1-28-20-12-5-3-9-17(20)21-18-10-6-7-13-23(18,27)14-15-25(21)22(26)16-8-2-4-11-19(16)24/h2-5,8-9,11-12,18,21,27H,6-7,10,13-15H2,1H3/t18-,21-,23+/m1/s1. The first-order valence-electron chi connectivity index (χ1n) is 9.96. The van der Waals surface area contributed by atoms with Crippen molar-refractivity contribution >= 4 is 17.5 Å². The summed E-state index contributed by atoms with van der Waals surface area (Å²) in [7, 11) is 1.65. The number of ether oxygens (including phenoxy) is 1. The molecule has 0 radical (unpaired) electrons. The van der Waals surface area contributed by atoms with Gasteiger partial charge >= 0.3 is 0 Å². The Bertz CT molecular complexity index is 870. The summed E-state index contributed by atoms with van der Waals surface area (Å²) in [5, 5.41) is 11.9. The summed E-state index contributed by atoms with van der Waals surface area (Å²) in [6.07, 6.45) is 4.37. The molecule has 148 valence electrons. The largest absolute Gasteiger partial charge is 0.496 e. The normalized spacial score (nSPS) is 27.2. The number of aliphatic hydroxyl groups is 1. The molecule has 1 saturated carbocycles. The van der Waals surface area contributed by atoms with Crippen molar-refractivity contribution in [3.8, 4) is 5.75 Å². The van der Waals surface area contributed by atoms with Gasteiger partial charge in [-0.1, -0.05) is 54.8 Å². The predicted octanol–water partition coefficient (Wildman–Crippen LogP) is 4.86. The first kappa shape index (κ1) is 19.3. The topological polar surface area (TPSA) is 49.8 Å². The van der Waals surface area contributed by atoms with E-state index in [-0.39, 0.29) is 17.9 Å². The van der Waals surface area contributed by atoms with Crippen LogP contribution in [0.15, 0.2) is 48.5 Å². The average molecular weight is 400 g/mol. The van der Waals surface area contributed by atoms with Gasteiger partial charge in [-0.05, 0) is 37.5 Å². The Balaban J connectivity index is 1.80. The van der Waals surface area contributed by atoms with Crippen LogP contribution in [0.2, 0.25) is 5.02 Å². The molecule has 3 atom stereocenters. The predicted molar refractivity (Wildman–Crippen MR) is 110 cm³/mol. The second-order valence-corrected chi connectivity index (χ2v) is 8.28. The maximum absolute atomic E-state index is 13.5. The van der Waals surface area contributed by atoms with Crippen LogP contribution in [0.3, 0.4) is 0 Å². The number of likely N-dealkylation sites (tertiary alicyclic amines) is 1. The Morgan fingerprint density at radius 3 is 2.68 bits per heavy atom. The third-order valence-electron chi connectivity index (χ3n) is 6.39. The molecule has 2 aromatic carbocycles. The molecule has 0 bridgehead atoms. The highest BCUT2D eigenvalue weighted by atomic mass is 35.5. The summed E-state index contributed by atoms with van der Waals surface area (Å²) >= 11 is 6.33. The molecule has 2 fully saturated rings. The van der Waals surface area contributed by atoms with Crippen molar-refractivity contribution in [2.75, 3.05) is 13.7 Å². The minimum absolute atomic E-state index is 0.0160. The lowest BCUT2D eigenvalue weighted by Gasteiger charge is -2.52. The lowest BCUT2D eigenvalue weighted by molar-refractivity contribution is -0.115. The second kappa shape index (κ2) is 7.76. The van der Waals surface area contributed by atoms with Gasteiger partial charge in [-0.25, -0.2) is 0 Å². The molecule has 0 spiro atoms. The van der Waals surface area contributed by atoms with Gasteiger partial charge in [-0.3, -0.25) is 4.79 Å². The van der Waals surface area contributed by atoms with Gasteiger partial charge in [0, 0.05) is 18.0 Å². The minimum atomic E-state index is -0.735. The quantitative estimate of drug-likeness (QED) is 0.802. The van der Waals surface area contributed by atoms with E-state index in [1.807, 2.05) is 41.3 Å². The van der Waals surface area contributed by atoms with Crippen LogP contribution in [-0.4, -0.2) is 35.2 Å². The fourth-order valence-corrected chi connectivity index (χ4v) is 5.21. The number of fused-ring (bicyclic) bond motifs is 1. The number of amides is 1. The smallest absolute Gasteiger partial charge is 0.255 e. The highest BCUT2D eigenvalue weighted by Gasteiger charge is 2.51. The van der Waals surface area contributed by atoms with E-state index in [4.69, 9.17) is 16.3 Å². The van der Waals surface area contributed by atoms with Crippen LogP contribution in [0.5, 0.6) is 5.75 Å². The van der Waals surface area contributed by atoms with Crippen molar-refractivity contribution in [1.29, 1.82) is 0 Å². The Morgan fingerprint density at radius 1 is 1.14 bits per heavy atom. The first-order chi connectivity index (χ1) is 13.5. The molecule has 4 rings (SSSR count). The molecule has 1 heterocycles. The molecule has 4 nitrogen and oxygen atoms in total. The Labute approximate surface area is 171 Å². The van der Waals surface area contributed by atoms with Gasteiger partial charge in [0.2, 0.25) is 0 Å². The van der Waals surface area contributed by atoms with Crippen molar-refractivity contribution in [3.63, 3.8) is 0 Å². The molecule has 0 unspecified atom stereocenters. The summed E-state index contributed by atoms with van der Waals surface area (Å²) in [5.74, 6) is 0.645. The van der Waals surface area contributed by atoms with Crippen LogP contribution in [0.25, 0.3) is 0 Å². The summed E-state index contributed by atoms with van der Waals surface area (Å²) in [6.45, 7) is 0.500. The van der Waals surface area contributed by atoms with E-state index in [2.05, 4.69) is 0 Å². The lowest BCUT2D eigenvalue weighted by Crippen LogP contribution is -2.56. The first-order valence-corrected chi connectivity index (χ1v) is 10.3. The van der Waals surface area contributed by atoms with Gasteiger partial charge in [0.05, 0.1) is 29.3 Å². The number of halogens is 1. The number of piperidine rings is 1. The van der Waals surface area contributed by atoms with Gasteiger partial charge in [-0.2, -0.15) is 0 Å². The molecule has 1 aliphatic carbocycles. The van der Waals surface area contributed by atoms with E-state index in [0.717, 1.165) is 37.0 Å². The number of hydrogen-bond acceptors (Lipinski definition) is 3. The van der Waals surface area contributed by atoms with E-state index in [1.54, 1.807) is 19.2 Å². The van der Waals surface area contributed by atoms with E-state index in [1.165, 1.54) is 0 Å². The zero-order valence-electron chi connectivity index (χ0n) is 16.1. The van der Waals surface area contributed by atoms with Crippen molar-refractivity contribution in [2.45, 2.75) is 43.7 Å². The number of benzene rings is 2. The van der Waals surface area contributed by atoms with E-state index in [0.29, 0.717) is 23.6 Å². The van der Waals surface area contributed by atoms with E-state index in [9.17, 15) is 9.90 Å². The number of nitrogens with zero attached hydrogens (tertiary/aromatic N) is 1. The van der Waals surface area contributed by atoms with Gasteiger partial charge in [0.25, 0.3) is 5.91 Å². The highest BCUT2D eigenvalue weighted by molar-refractivity contribution is 6.33. The van der Waals surface area contributed by atoms with Gasteiger partial charge in [0.15, 0.2) is 0 Å². The zero-order valence-corrected chi connectivity index (χ0v) is 16.9. The summed E-state index contributed by atoms with van der Waals surface area (Å²) < 4.78 is 5.62. The van der Waals surface area contributed by atoms with Crippen LogP contribution in [0.1, 0.15) is 54.1 Å². The third-order valence-corrected chi connectivity index (χ3v) is 6.72. The summed E-state index contributed by atoms with van der Waals surface area (Å²) in [4.78, 5) is 15.4. The molecular formula is C23H26ClNO3. The van der Waals surface area contributed by atoms with Gasteiger partial charge in [0.1, 0.15) is 5.75 Å². The summed E-state index contributed by atoms with van der Waals surface area (Å²) in [5.41, 5.74) is 0.724. The minimum Gasteiger partial charge on any atom is -0.496 e. The Hall–Kier alpha value is -2.04. The van der Waals surface area contributed by atoms with Crippen molar-refractivity contribution in [1.82, 2.24) is 4.90 Å². The second-order valence-electron chi connectivity index (χ2n) is 7.87. The number of carbonyl (C=O) groups excluding carboxylic acids is 1. The van der Waals surface area contributed by atoms with Crippen molar-refractivity contribution < 1.29 is 14.6 Å². The number of rotatable bonds is 3. The van der Waals surface area contributed by atoms with Crippen LogP contribution >= 0.6 is 11.6 Å². The van der Waals surface area contributed by atoms with E-state index < -0.39 is 5.60 Å². The Morgan fingerprint density at radius 2 is 1.89 bits per heavy atom. The number of hydrogen-bond donors (Lipinski definition) is 1. The number of para-hydroxylation sites is 1. The third kappa shape index (κ3) is 3.29. The molecule has 1 saturated heterocycles. The van der Waals surface area contributed by atoms with Crippen LogP contribution in [-0.2, 0) is 0 Å². The molecule has 2 aromatic rings. The average Bonchev–Trinajstić information content (AvgIpc) is 2.72. The molecule has 1 aliphatic heterocycles. The van der Waals surface area contributed by atoms with Gasteiger partial charge in [-0.15, -0.1) is 0 Å². The summed E-state index contributed by atoms with van der Waals surface area (Å²) in [6, 6.07) is 14.8. The molecule has 1 amide bonds. The van der Waals surface area contributed by atoms with E-state index >= 15 is 0 Å². The lowest BCUT2D eigenvalue weighted by atomic mass is 9.66. The van der Waals surface area contributed by atoms with Crippen LogP contribution in [0, 0.1) is 5.92 Å². The molecule has 2 aliphatic rings.